The van der Waals surface area contributed by atoms with Crippen molar-refractivity contribution in [2.75, 3.05) is 12.0 Å². The van der Waals surface area contributed by atoms with Gasteiger partial charge in [-0.05, 0) is 86.9 Å². The number of imidazole rings is 1. The van der Waals surface area contributed by atoms with E-state index in [2.05, 4.69) is 10.3 Å². The fraction of sp³-hybridized carbons (Fsp3) is 0.367. The summed E-state index contributed by atoms with van der Waals surface area (Å²) in [4.78, 5) is 30.5. The highest BCUT2D eigenvalue weighted by atomic mass is 32.2. The van der Waals surface area contributed by atoms with Gasteiger partial charge in [-0.2, -0.15) is 11.8 Å². The van der Waals surface area contributed by atoms with E-state index >= 15 is 0 Å². The molecule has 38 heavy (non-hydrogen) atoms. The lowest BCUT2D eigenvalue weighted by atomic mass is 9.96. The molecule has 0 radical (unpaired) electrons. The molecule has 1 N–H and O–H groups in total. The zero-order valence-corrected chi connectivity index (χ0v) is 23.3. The summed E-state index contributed by atoms with van der Waals surface area (Å²) in [5.74, 6) is -0.331. The number of allylic oxidation sites excluding steroid dienone is 1. The van der Waals surface area contributed by atoms with Gasteiger partial charge in [0, 0.05) is 24.5 Å². The molecule has 6 nitrogen and oxygen atoms in total. The summed E-state index contributed by atoms with van der Waals surface area (Å²) >= 11 is 1.61. The third-order valence-electron chi connectivity index (χ3n) is 5.77. The Morgan fingerprint density at radius 2 is 1.92 bits per heavy atom. The van der Waals surface area contributed by atoms with Crippen molar-refractivity contribution in [3.8, 4) is 0 Å². The minimum atomic E-state index is -0.750. The number of hydrogen-bond donors (Lipinski definition) is 1. The summed E-state index contributed by atoms with van der Waals surface area (Å²) in [5, 5.41) is 2.93. The fourth-order valence-corrected chi connectivity index (χ4v) is 4.33. The lowest BCUT2D eigenvalue weighted by molar-refractivity contribution is -0.157. The molecule has 0 saturated heterocycles. The largest absolute Gasteiger partial charge is 0.458 e. The fourth-order valence-electron chi connectivity index (χ4n) is 3.86. The third-order valence-corrected chi connectivity index (χ3v) is 6.41. The van der Waals surface area contributed by atoms with Crippen LogP contribution in [0.2, 0.25) is 0 Å². The van der Waals surface area contributed by atoms with Gasteiger partial charge in [0.2, 0.25) is 0 Å². The van der Waals surface area contributed by atoms with Crippen LogP contribution < -0.4 is 5.32 Å². The molecule has 0 unspecified atom stereocenters. The molecule has 0 aliphatic rings. The van der Waals surface area contributed by atoms with Crippen molar-refractivity contribution >= 4 is 29.7 Å². The molecule has 1 amide bonds. The van der Waals surface area contributed by atoms with Crippen molar-refractivity contribution in [2.45, 2.75) is 58.2 Å². The molecule has 0 fully saturated rings. The maximum Gasteiger partial charge on any atom is 0.329 e. The number of carbonyl (C=O) groups is 2. The predicted octanol–water partition coefficient (Wildman–Crippen LogP) is 5.71. The Labute approximate surface area is 228 Å². The number of benzene rings is 2. The summed E-state index contributed by atoms with van der Waals surface area (Å²) < 4.78 is 20.9. The second kappa shape index (κ2) is 14.0. The highest BCUT2D eigenvalue weighted by Crippen LogP contribution is 2.19. The Bertz CT molecular complexity index is 1220. The highest BCUT2D eigenvalue weighted by Gasteiger charge is 2.27. The Morgan fingerprint density at radius 1 is 1.16 bits per heavy atom. The first-order valence-corrected chi connectivity index (χ1v) is 14.1. The van der Waals surface area contributed by atoms with Crippen LogP contribution in [0.4, 0.5) is 4.39 Å². The van der Waals surface area contributed by atoms with E-state index in [1.54, 1.807) is 36.4 Å². The van der Waals surface area contributed by atoms with Crippen molar-refractivity contribution in [2.24, 2.45) is 0 Å². The maximum atomic E-state index is 13.6. The molecule has 0 saturated carbocycles. The zero-order valence-electron chi connectivity index (χ0n) is 22.4. The second-order valence-corrected chi connectivity index (χ2v) is 11.0. The van der Waals surface area contributed by atoms with Crippen LogP contribution in [-0.2, 0) is 28.9 Å². The van der Waals surface area contributed by atoms with Crippen LogP contribution in [0.3, 0.4) is 0 Å². The number of amides is 1. The van der Waals surface area contributed by atoms with Crippen molar-refractivity contribution in [1.29, 1.82) is 0 Å². The molecule has 1 heterocycles. The van der Waals surface area contributed by atoms with E-state index in [-0.39, 0.29) is 11.7 Å². The number of ether oxygens (including phenoxy) is 1. The number of thioether (sulfide) groups is 1. The summed E-state index contributed by atoms with van der Waals surface area (Å²) in [6.07, 6.45) is 13.0. The van der Waals surface area contributed by atoms with E-state index in [9.17, 15) is 14.0 Å². The molecule has 0 aliphatic heterocycles. The molecule has 0 aliphatic carbocycles. The monoisotopic (exact) mass is 537 g/mol. The minimum absolute atomic E-state index is 0.279. The average Bonchev–Trinajstić information content (AvgIpc) is 3.39. The number of hydrogen-bond acceptors (Lipinski definition) is 5. The van der Waals surface area contributed by atoms with Gasteiger partial charge in [-0.1, -0.05) is 36.4 Å². The molecule has 2 aromatic carbocycles. The van der Waals surface area contributed by atoms with Gasteiger partial charge in [-0.3, -0.25) is 4.79 Å². The smallest absolute Gasteiger partial charge is 0.329 e. The standard InChI is InChI=1S/C30H36FN3O3S/c1-30(2,3)37-29(36)27(15-19-38-4)33-28(35)26-20-23(6-5-17-34-18-16-32-21-34)8-12-24(26)11-7-22-9-13-25(31)14-10-22/h5-6,8-10,12-14,16,18,20-21,27H,7,11,15,17,19H2,1-4H3,(H,33,35)/b6-5+/t27-/m0/s1. The van der Waals surface area contributed by atoms with Crippen LogP contribution in [-0.4, -0.2) is 45.1 Å². The first-order valence-electron chi connectivity index (χ1n) is 12.7. The normalized spacial score (nSPS) is 12.4. The lowest BCUT2D eigenvalue weighted by Crippen LogP contribution is -2.44. The Hall–Kier alpha value is -3.39. The lowest BCUT2D eigenvalue weighted by Gasteiger charge is -2.25. The SMILES string of the molecule is CSCC[C@H](NC(=O)c1cc(/C=C/Cn2ccnc2)ccc1CCc1ccc(F)cc1)C(=O)OC(C)(C)C. The van der Waals surface area contributed by atoms with Crippen molar-refractivity contribution in [3.63, 3.8) is 0 Å². The van der Waals surface area contributed by atoms with Gasteiger partial charge >= 0.3 is 5.97 Å². The number of aromatic nitrogens is 2. The van der Waals surface area contributed by atoms with Gasteiger partial charge in [0.1, 0.15) is 17.5 Å². The van der Waals surface area contributed by atoms with Crippen molar-refractivity contribution < 1.29 is 18.7 Å². The first-order chi connectivity index (χ1) is 18.1. The molecule has 3 aromatic rings. The second-order valence-electron chi connectivity index (χ2n) is 10.0. The number of nitrogens with zero attached hydrogens (tertiary/aromatic N) is 2. The van der Waals surface area contributed by atoms with Gasteiger partial charge < -0.3 is 14.6 Å². The average molecular weight is 538 g/mol. The Kier molecular flexibility index (Phi) is 10.7. The van der Waals surface area contributed by atoms with E-state index in [1.165, 1.54) is 12.1 Å². The Morgan fingerprint density at radius 3 is 2.58 bits per heavy atom. The molecular weight excluding hydrogens is 501 g/mol. The van der Waals surface area contributed by atoms with E-state index < -0.39 is 17.6 Å². The third kappa shape index (κ3) is 9.49. The Balaban J connectivity index is 1.84. The van der Waals surface area contributed by atoms with Crippen LogP contribution in [0, 0.1) is 5.82 Å². The van der Waals surface area contributed by atoms with Crippen molar-refractivity contribution in [3.05, 3.63) is 95.3 Å². The molecule has 1 atom stereocenters. The van der Waals surface area contributed by atoms with Gasteiger partial charge in [-0.25, -0.2) is 14.2 Å². The van der Waals surface area contributed by atoms with E-state index in [4.69, 9.17) is 4.74 Å². The van der Waals surface area contributed by atoms with Crippen LogP contribution in [0.25, 0.3) is 6.08 Å². The molecule has 3 rings (SSSR count). The van der Waals surface area contributed by atoms with E-state index in [0.29, 0.717) is 37.1 Å². The summed E-state index contributed by atoms with van der Waals surface area (Å²) in [5.41, 5.74) is 2.56. The zero-order chi connectivity index (χ0) is 27.5. The molecule has 8 heteroatoms. The summed E-state index contributed by atoms with van der Waals surface area (Å²) in [6, 6.07) is 11.4. The molecule has 0 spiro atoms. The molecule has 0 bridgehead atoms. The van der Waals surface area contributed by atoms with Gasteiger partial charge in [0.15, 0.2) is 0 Å². The first kappa shape index (κ1) is 29.2. The van der Waals surface area contributed by atoms with Crippen LogP contribution in [0.5, 0.6) is 0 Å². The summed E-state index contributed by atoms with van der Waals surface area (Å²) in [6.45, 7) is 6.09. The highest BCUT2D eigenvalue weighted by molar-refractivity contribution is 7.98. The van der Waals surface area contributed by atoms with Crippen LogP contribution >= 0.6 is 11.8 Å². The number of esters is 1. The number of carbonyl (C=O) groups excluding carboxylic acids is 2. The minimum Gasteiger partial charge on any atom is -0.458 e. The van der Waals surface area contributed by atoms with Crippen LogP contribution in [0.15, 0.2) is 67.3 Å². The predicted molar refractivity (Wildman–Crippen MR) is 152 cm³/mol. The number of aryl methyl sites for hydroxylation is 2. The number of nitrogens with one attached hydrogen (secondary N) is 1. The van der Waals surface area contributed by atoms with E-state index in [1.807, 2.05) is 68.1 Å². The molecule has 1 aromatic heterocycles. The van der Waals surface area contributed by atoms with Gasteiger partial charge in [0.25, 0.3) is 5.91 Å². The molecule has 202 valence electrons. The van der Waals surface area contributed by atoms with Gasteiger partial charge in [0.05, 0.1) is 6.33 Å². The van der Waals surface area contributed by atoms with Crippen molar-refractivity contribution in [1.82, 2.24) is 14.9 Å². The quantitative estimate of drug-likeness (QED) is 0.300. The number of halogens is 1. The topological polar surface area (TPSA) is 73.2 Å². The van der Waals surface area contributed by atoms with E-state index in [0.717, 1.165) is 16.7 Å². The number of rotatable bonds is 12. The van der Waals surface area contributed by atoms with Gasteiger partial charge in [-0.15, -0.1) is 0 Å². The maximum absolute atomic E-state index is 13.6. The summed E-state index contributed by atoms with van der Waals surface area (Å²) in [7, 11) is 0. The molecular formula is C30H36FN3O3S. The van der Waals surface area contributed by atoms with Crippen LogP contribution in [0.1, 0.15) is 54.2 Å².